The molecule has 0 spiro atoms. The van der Waals surface area contributed by atoms with Crippen molar-refractivity contribution in [3.8, 4) is 0 Å². The molecule has 0 atom stereocenters. The van der Waals surface area contributed by atoms with Gasteiger partial charge < -0.3 is 4.74 Å². The molecule has 0 radical (unpaired) electrons. The van der Waals surface area contributed by atoms with Gasteiger partial charge in [-0.05, 0) is 19.1 Å². The van der Waals surface area contributed by atoms with E-state index >= 15 is 0 Å². The average Bonchev–Trinajstić information content (AvgIpc) is 2.52. The summed E-state index contributed by atoms with van der Waals surface area (Å²) >= 11 is 0. The van der Waals surface area contributed by atoms with Gasteiger partial charge in [-0.25, -0.2) is 0 Å². The molecular weight excluding hydrogens is 180 g/mol. The largest absolute Gasteiger partial charge is 0.466 e. The Morgan fingerprint density at radius 2 is 2.50 bits per heavy atom. The molecule has 0 bridgehead atoms. The highest BCUT2D eigenvalue weighted by Gasteiger charge is 1.96. The number of aromatic nitrogens is 2. The van der Waals surface area contributed by atoms with Crippen molar-refractivity contribution in [3.05, 3.63) is 24.0 Å². The molecule has 76 valence electrons. The number of hydrogen-bond acceptors (Lipinski definition) is 3. The Morgan fingerprint density at radius 3 is 3.07 bits per heavy atom. The maximum absolute atomic E-state index is 10.9. The molecule has 0 aliphatic carbocycles. The maximum Gasteiger partial charge on any atom is 0.309 e. The van der Waals surface area contributed by atoms with Gasteiger partial charge in [0.1, 0.15) is 0 Å². The van der Waals surface area contributed by atoms with E-state index in [0.717, 1.165) is 5.69 Å². The molecule has 0 aromatic carbocycles. The van der Waals surface area contributed by atoms with Gasteiger partial charge in [0.2, 0.25) is 0 Å². The van der Waals surface area contributed by atoms with Crippen LogP contribution in [0.15, 0.2) is 18.3 Å². The summed E-state index contributed by atoms with van der Waals surface area (Å²) in [5, 5.41) is 4.13. The molecule has 14 heavy (non-hydrogen) atoms. The summed E-state index contributed by atoms with van der Waals surface area (Å²) < 4.78 is 6.48. The van der Waals surface area contributed by atoms with Crippen LogP contribution in [-0.2, 0) is 16.6 Å². The lowest BCUT2D eigenvalue weighted by Gasteiger charge is -1.95. The van der Waals surface area contributed by atoms with E-state index in [2.05, 4.69) is 5.10 Å². The molecule has 1 rings (SSSR count). The van der Waals surface area contributed by atoms with Crippen LogP contribution in [0, 0.1) is 0 Å². The van der Waals surface area contributed by atoms with E-state index in [1.54, 1.807) is 23.8 Å². The van der Waals surface area contributed by atoms with Gasteiger partial charge in [-0.15, -0.1) is 0 Å². The molecular formula is C10H14N2O2. The Balaban J connectivity index is 2.37. The predicted molar refractivity (Wildman–Crippen MR) is 53.5 cm³/mol. The minimum atomic E-state index is -0.209. The lowest BCUT2D eigenvalue weighted by molar-refractivity contribution is -0.142. The molecule has 1 heterocycles. The standard InChI is InChI=1S/C10H14N2O2/c1-3-14-10(13)6-4-5-9-7-8-12(2)11-9/h4-5,7-8H,3,6H2,1-2H3. The van der Waals surface area contributed by atoms with Crippen LogP contribution in [0.3, 0.4) is 0 Å². The number of carbonyl (C=O) groups is 1. The van der Waals surface area contributed by atoms with Crippen molar-refractivity contribution in [2.45, 2.75) is 13.3 Å². The van der Waals surface area contributed by atoms with Crippen LogP contribution in [0.25, 0.3) is 6.08 Å². The first-order valence-electron chi connectivity index (χ1n) is 4.54. The van der Waals surface area contributed by atoms with E-state index in [1.165, 1.54) is 0 Å². The van der Waals surface area contributed by atoms with E-state index in [-0.39, 0.29) is 5.97 Å². The predicted octanol–water partition coefficient (Wildman–Crippen LogP) is 1.39. The molecule has 0 unspecified atom stereocenters. The number of rotatable bonds is 4. The van der Waals surface area contributed by atoms with Crippen LogP contribution in [0.2, 0.25) is 0 Å². The van der Waals surface area contributed by atoms with Gasteiger partial charge in [0.05, 0.1) is 18.7 Å². The molecule has 0 fully saturated rings. The van der Waals surface area contributed by atoms with Crippen molar-refractivity contribution in [3.63, 3.8) is 0 Å². The highest BCUT2D eigenvalue weighted by molar-refractivity contribution is 5.72. The zero-order valence-corrected chi connectivity index (χ0v) is 8.43. The molecule has 0 aliphatic rings. The van der Waals surface area contributed by atoms with Crippen LogP contribution in [-0.4, -0.2) is 22.4 Å². The van der Waals surface area contributed by atoms with E-state index in [9.17, 15) is 4.79 Å². The van der Waals surface area contributed by atoms with Gasteiger partial charge in [-0.2, -0.15) is 5.10 Å². The average molecular weight is 194 g/mol. The third-order valence-corrected chi connectivity index (χ3v) is 1.61. The Morgan fingerprint density at radius 1 is 1.71 bits per heavy atom. The van der Waals surface area contributed by atoms with Gasteiger partial charge >= 0.3 is 5.97 Å². The van der Waals surface area contributed by atoms with Crippen molar-refractivity contribution >= 4 is 12.0 Å². The van der Waals surface area contributed by atoms with Crippen LogP contribution >= 0.6 is 0 Å². The van der Waals surface area contributed by atoms with E-state index in [0.29, 0.717) is 13.0 Å². The van der Waals surface area contributed by atoms with Gasteiger partial charge in [0.25, 0.3) is 0 Å². The second-order valence-corrected chi connectivity index (χ2v) is 2.83. The first-order valence-corrected chi connectivity index (χ1v) is 4.54. The Hall–Kier alpha value is -1.58. The molecule has 0 aliphatic heterocycles. The zero-order chi connectivity index (χ0) is 10.4. The first kappa shape index (κ1) is 10.5. The number of carbonyl (C=O) groups excluding carboxylic acids is 1. The van der Waals surface area contributed by atoms with E-state index in [4.69, 9.17) is 4.74 Å². The molecule has 4 heteroatoms. The second kappa shape index (κ2) is 5.21. The fourth-order valence-electron chi connectivity index (χ4n) is 1.02. The van der Waals surface area contributed by atoms with Gasteiger partial charge in [0.15, 0.2) is 0 Å². The van der Waals surface area contributed by atoms with Crippen molar-refractivity contribution in [1.29, 1.82) is 0 Å². The SMILES string of the molecule is CCOC(=O)CC=Cc1ccn(C)n1. The zero-order valence-electron chi connectivity index (χ0n) is 8.43. The van der Waals surface area contributed by atoms with Crippen LogP contribution in [0.4, 0.5) is 0 Å². The van der Waals surface area contributed by atoms with Crippen molar-refractivity contribution in [2.75, 3.05) is 6.61 Å². The highest BCUT2D eigenvalue weighted by atomic mass is 16.5. The first-order chi connectivity index (χ1) is 6.72. The molecule has 0 amide bonds. The van der Waals surface area contributed by atoms with Crippen LogP contribution in [0.1, 0.15) is 19.0 Å². The minimum absolute atomic E-state index is 0.209. The van der Waals surface area contributed by atoms with Crippen LogP contribution in [0.5, 0.6) is 0 Å². The molecule has 4 nitrogen and oxygen atoms in total. The number of ether oxygens (including phenoxy) is 1. The van der Waals surface area contributed by atoms with Gasteiger partial charge in [-0.1, -0.05) is 6.08 Å². The van der Waals surface area contributed by atoms with E-state index < -0.39 is 0 Å². The Labute approximate surface area is 83.2 Å². The Bertz CT molecular complexity index is 329. The lowest BCUT2D eigenvalue weighted by Crippen LogP contribution is -2.01. The number of nitrogens with zero attached hydrogens (tertiary/aromatic N) is 2. The third kappa shape index (κ3) is 3.43. The van der Waals surface area contributed by atoms with E-state index in [1.807, 2.05) is 19.3 Å². The number of aryl methyl sites for hydroxylation is 1. The summed E-state index contributed by atoms with van der Waals surface area (Å²) in [7, 11) is 1.85. The molecule has 0 saturated heterocycles. The fourth-order valence-corrected chi connectivity index (χ4v) is 1.02. The topological polar surface area (TPSA) is 44.1 Å². The van der Waals surface area contributed by atoms with Gasteiger partial charge in [-0.3, -0.25) is 9.48 Å². The molecule has 1 aromatic rings. The summed E-state index contributed by atoms with van der Waals surface area (Å²) in [4.78, 5) is 10.9. The maximum atomic E-state index is 10.9. The fraction of sp³-hybridized carbons (Fsp3) is 0.400. The summed E-state index contributed by atoms with van der Waals surface area (Å²) in [5.74, 6) is -0.209. The quantitative estimate of drug-likeness (QED) is 0.680. The summed E-state index contributed by atoms with van der Waals surface area (Å²) in [6.45, 7) is 2.22. The lowest BCUT2D eigenvalue weighted by atomic mass is 10.3. The van der Waals surface area contributed by atoms with Crippen molar-refractivity contribution in [2.24, 2.45) is 7.05 Å². The summed E-state index contributed by atoms with van der Waals surface area (Å²) in [6.07, 6.45) is 5.70. The Kier molecular flexibility index (Phi) is 3.91. The smallest absolute Gasteiger partial charge is 0.309 e. The highest BCUT2D eigenvalue weighted by Crippen LogP contribution is 1.99. The van der Waals surface area contributed by atoms with Crippen LogP contribution < -0.4 is 0 Å². The summed E-state index contributed by atoms with van der Waals surface area (Å²) in [6, 6.07) is 1.88. The molecule has 0 saturated carbocycles. The number of hydrogen-bond donors (Lipinski definition) is 0. The summed E-state index contributed by atoms with van der Waals surface area (Å²) in [5.41, 5.74) is 0.844. The molecule has 0 N–H and O–H groups in total. The normalized spacial score (nSPS) is 10.7. The second-order valence-electron chi connectivity index (χ2n) is 2.83. The van der Waals surface area contributed by atoms with Gasteiger partial charge in [0, 0.05) is 13.2 Å². The minimum Gasteiger partial charge on any atom is -0.466 e. The van der Waals surface area contributed by atoms with Crippen molar-refractivity contribution in [1.82, 2.24) is 9.78 Å². The number of esters is 1. The van der Waals surface area contributed by atoms with Crippen molar-refractivity contribution < 1.29 is 9.53 Å². The molecule has 1 aromatic heterocycles. The third-order valence-electron chi connectivity index (χ3n) is 1.61. The monoisotopic (exact) mass is 194 g/mol.